The molecule has 1 unspecified atom stereocenters. The molecule has 1 aliphatic heterocycles. The van der Waals surface area contributed by atoms with Crippen LogP contribution < -0.4 is 16.8 Å². The minimum absolute atomic E-state index is 0.106. The van der Waals surface area contributed by atoms with E-state index in [9.17, 15) is 14.7 Å². The summed E-state index contributed by atoms with van der Waals surface area (Å²) in [6, 6.07) is 0. The van der Waals surface area contributed by atoms with Crippen LogP contribution in [0.4, 0.5) is 0 Å². The summed E-state index contributed by atoms with van der Waals surface area (Å²) in [5.74, 6) is 0.0337. The van der Waals surface area contributed by atoms with E-state index in [1.165, 1.54) is 12.5 Å². The molecule has 1 saturated heterocycles. The zero-order valence-electron chi connectivity index (χ0n) is 30.9. The van der Waals surface area contributed by atoms with Gasteiger partial charge >= 0.3 is 11.9 Å². The summed E-state index contributed by atoms with van der Waals surface area (Å²) in [7, 11) is 0. The lowest BCUT2D eigenvalue weighted by Gasteiger charge is -2.71. The number of nitrogens with zero attached hydrogens (tertiary/aromatic N) is 1. The van der Waals surface area contributed by atoms with Crippen LogP contribution in [0.15, 0.2) is 16.6 Å². The molecule has 6 N–H and O–H groups in total. The summed E-state index contributed by atoms with van der Waals surface area (Å²) in [5, 5.41) is 14.4. The second-order valence-electron chi connectivity index (χ2n) is 17.4. The fourth-order valence-corrected chi connectivity index (χ4v) is 12.0. The number of ether oxygens (including phenoxy) is 3. The van der Waals surface area contributed by atoms with Crippen molar-refractivity contribution < 1.29 is 28.9 Å². The fraction of sp³-hybridized carbons (Fsp3) is 0.868. The number of carboxylic acid groups (broad SMARTS) is 1. The number of rotatable bonds is 12. The van der Waals surface area contributed by atoms with E-state index in [2.05, 4.69) is 64.9 Å². The van der Waals surface area contributed by atoms with Crippen LogP contribution in [0, 0.1) is 56.7 Å². The van der Waals surface area contributed by atoms with Crippen molar-refractivity contribution in [2.75, 3.05) is 39.5 Å². The van der Waals surface area contributed by atoms with Gasteiger partial charge in [0, 0.05) is 30.8 Å². The van der Waals surface area contributed by atoms with E-state index < -0.39 is 11.9 Å². The fourth-order valence-electron chi connectivity index (χ4n) is 12.0. The summed E-state index contributed by atoms with van der Waals surface area (Å²) in [6.45, 7) is 21.1. The Bertz CT molecular complexity index is 1280. The highest BCUT2D eigenvalue weighted by Gasteiger charge is 2.72. The molecule has 5 rings (SSSR count). The predicted octanol–water partition coefficient (Wildman–Crippen LogP) is 5.14. The molecule has 0 radical (unpaired) electrons. The Morgan fingerprint density at radius 1 is 1.08 bits per heavy atom. The van der Waals surface area contributed by atoms with Crippen molar-refractivity contribution in [3.05, 3.63) is 11.6 Å². The summed E-state index contributed by atoms with van der Waals surface area (Å²) in [4.78, 5) is 30.0. The molecule has 272 valence electrons. The topological polar surface area (TPSA) is 158 Å². The molecular formula is C38H64N4O6. The number of nitrogens with one attached hydrogen (secondary N) is 1. The number of aliphatic carboxylic acids is 1. The van der Waals surface area contributed by atoms with E-state index in [1.54, 1.807) is 0 Å². The first kappa shape index (κ1) is 37.1. The number of aliphatic imine (C=N–C) groups is 1. The number of carboxylic acids is 1. The molecule has 0 aromatic heterocycles. The van der Waals surface area contributed by atoms with Gasteiger partial charge in [-0.1, -0.05) is 60.1 Å². The number of hydrogen-bond acceptors (Lipinski definition) is 7. The average molecular weight is 673 g/mol. The highest BCUT2D eigenvalue weighted by molar-refractivity contribution is 5.75. The first-order chi connectivity index (χ1) is 22.5. The van der Waals surface area contributed by atoms with Gasteiger partial charge in [0.1, 0.15) is 12.2 Å². The number of allylic oxidation sites excluding steroid dienone is 1. The second kappa shape index (κ2) is 13.5. The minimum Gasteiger partial charge on any atom is -0.481 e. The summed E-state index contributed by atoms with van der Waals surface area (Å²) in [5.41, 5.74) is 10.9. The van der Waals surface area contributed by atoms with E-state index in [0.29, 0.717) is 57.1 Å². The van der Waals surface area contributed by atoms with E-state index in [0.717, 1.165) is 45.1 Å². The lowest BCUT2D eigenvalue weighted by atomic mass is 9.34. The third kappa shape index (κ3) is 5.89. The Balaban J connectivity index is 1.44. The second-order valence-corrected chi connectivity index (χ2v) is 17.4. The number of hydrogen-bond donors (Lipinski definition) is 4. The molecule has 0 aromatic rings. The zero-order valence-corrected chi connectivity index (χ0v) is 30.9. The monoisotopic (exact) mass is 672 g/mol. The van der Waals surface area contributed by atoms with Gasteiger partial charge in [0.2, 0.25) is 0 Å². The minimum atomic E-state index is -0.647. The molecule has 11 atom stereocenters. The van der Waals surface area contributed by atoms with Gasteiger partial charge in [-0.25, -0.2) is 0 Å². The lowest BCUT2D eigenvalue weighted by Crippen LogP contribution is -2.70. The van der Waals surface area contributed by atoms with Crippen LogP contribution in [0.5, 0.6) is 0 Å². The standard InChI is InChI=1S/C38H64N4O6/c1-23(2)24(3)34(5)14-15-36(7)26-10-11-29-35(6)21-46-22-38(29,27(26)12-13-37(36,8)30(34)32(44)45)20-28(48-25(4)43)31(35)47-19-18-41-16-9-17-42-33(39)40/h12,23-24,26,28-31,41H,9-11,13-22H2,1-8H3,(H,44,45)(H4,39,40,42)/t24-,26+,28-,29+,30-,31+,34-,35?,36-,37+,38+/m1/s1. The number of carbonyl (C=O) groups excluding carboxylic acids is 1. The Kier molecular flexibility index (Phi) is 10.4. The summed E-state index contributed by atoms with van der Waals surface area (Å²) in [6.07, 6.45) is 7.99. The van der Waals surface area contributed by atoms with Crippen molar-refractivity contribution >= 4 is 17.9 Å². The number of nitrogens with two attached hydrogens (primary N) is 2. The maximum atomic E-state index is 13.4. The van der Waals surface area contributed by atoms with Gasteiger partial charge < -0.3 is 36.1 Å². The van der Waals surface area contributed by atoms with Crippen molar-refractivity contribution in [1.29, 1.82) is 0 Å². The third-order valence-corrected chi connectivity index (χ3v) is 14.8. The van der Waals surface area contributed by atoms with Gasteiger partial charge in [0.15, 0.2) is 5.96 Å². The maximum Gasteiger partial charge on any atom is 0.307 e. The van der Waals surface area contributed by atoms with Crippen LogP contribution in [0.2, 0.25) is 0 Å². The van der Waals surface area contributed by atoms with E-state index in [-0.39, 0.29) is 57.1 Å². The van der Waals surface area contributed by atoms with Crippen LogP contribution >= 0.6 is 0 Å². The number of esters is 1. The van der Waals surface area contributed by atoms with Gasteiger partial charge in [-0.3, -0.25) is 14.6 Å². The van der Waals surface area contributed by atoms with Crippen molar-refractivity contribution in [2.45, 2.75) is 113 Å². The Labute approximate surface area is 288 Å². The summed E-state index contributed by atoms with van der Waals surface area (Å²) < 4.78 is 19.4. The molecule has 48 heavy (non-hydrogen) atoms. The Morgan fingerprint density at radius 3 is 2.46 bits per heavy atom. The van der Waals surface area contributed by atoms with Gasteiger partial charge in [0.05, 0.1) is 25.7 Å². The Hall–Kier alpha value is -2.17. The molecule has 5 aliphatic rings. The van der Waals surface area contributed by atoms with Crippen LogP contribution in [0.3, 0.4) is 0 Å². The van der Waals surface area contributed by atoms with Gasteiger partial charge in [-0.15, -0.1) is 0 Å². The normalized spacial score (nSPS) is 42.4. The quantitative estimate of drug-likeness (QED) is 0.0724. The third-order valence-electron chi connectivity index (χ3n) is 14.8. The number of guanidine groups is 1. The first-order valence-corrected chi connectivity index (χ1v) is 18.5. The molecular weight excluding hydrogens is 608 g/mol. The van der Waals surface area contributed by atoms with Gasteiger partial charge in [-0.2, -0.15) is 0 Å². The van der Waals surface area contributed by atoms with E-state index in [1.807, 2.05) is 0 Å². The predicted molar refractivity (Wildman–Crippen MR) is 187 cm³/mol. The molecule has 2 bridgehead atoms. The largest absolute Gasteiger partial charge is 0.481 e. The maximum absolute atomic E-state index is 13.4. The average Bonchev–Trinajstić information content (AvgIpc) is 2.99. The SMILES string of the molecule is CC(=O)O[C@@H]1C[C@@]23COCC(C)([C@H]1OCCNCCCN=C(N)N)[C@@H]2CC[C@H]1C3=CC[C@@]2(C)[C@H](C(=O)O)[C@@](C)([C@H](C)C(C)C)CC[C@]12C. The van der Waals surface area contributed by atoms with Crippen molar-refractivity contribution in [3.8, 4) is 0 Å². The van der Waals surface area contributed by atoms with Gasteiger partial charge in [-0.05, 0) is 91.4 Å². The van der Waals surface area contributed by atoms with Crippen molar-refractivity contribution in [1.82, 2.24) is 5.32 Å². The lowest BCUT2D eigenvalue weighted by molar-refractivity contribution is -0.266. The molecule has 10 heteroatoms. The van der Waals surface area contributed by atoms with E-state index >= 15 is 0 Å². The highest BCUT2D eigenvalue weighted by atomic mass is 16.6. The summed E-state index contributed by atoms with van der Waals surface area (Å²) >= 11 is 0. The number of carbonyl (C=O) groups is 2. The molecule has 0 aromatic carbocycles. The molecule has 4 aliphatic carbocycles. The first-order valence-electron chi connectivity index (χ1n) is 18.5. The Morgan fingerprint density at radius 2 is 1.81 bits per heavy atom. The van der Waals surface area contributed by atoms with E-state index in [4.69, 9.17) is 25.7 Å². The molecule has 0 spiro atoms. The molecule has 10 nitrogen and oxygen atoms in total. The molecule has 4 fully saturated rings. The van der Waals surface area contributed by atoms with Crippen molar-refractivity contribution in [3.63, 3.8) is 0 Å². The molecule has 3 saturated carbocycles. The van der Waals surface area contributed by atoms with Crippen molar-refractivity contribution in [2.24, 2.45) is 73.1 Å². The molecule has 0 amide bonds. The van der Waals surface area contributed by atoms with Crippen LogP contribution in [-0.2, 0) is 23.8 Å². The van der Waals surface area contributed by atoms with Crippen LogP contribution in [0.1, 0.15) is 100 Å². The highest BCUT2D eigenvalue weighted by Crippen LogP contribution is 2.75. The van der Waals surface area contributed by atoms with Crippen LogP contribution in [-0.4, -0.2) is 74.7 Å². The van der Waals surface area contributed by atoms with Crippen LogP contribution in [0.25, 0.3) is 0 Å². The number of fused-ring (bicyclic) bond motifs is 3. The molecule has 1 heterocycles. The smallest absolute Gasteiger partial charge is 0.307 e. The van der Waals surface area contributed by atoms with Gasteiger partial charge in [0.25, 0.3) is 0 Å². The zero-order chi connectivity index (χ0) is 35.3.